The van der Waals surface area contributed by atoms with Gasteiger partial charge in [-0.2, -0.15) is 4.39 Å². The lowest BCUT2D eigenvalue weighted by molar-refractivity contribution is -0.387. The van der Waals surface area contributed by atoms with Crippen LogP contribution in [-0.2, 0) is 6.42 Å². The highest BCUT2D eigenvalue weighted by Crippen LogP contribution is 2.25. The number of benzene rings is 2. The summed E-state index contributed by atoms with van der Waals surface area (Å²) in [5, 5.41) is 13.0. The topological polar surface area (TPSA) is 81.5 Å². The van der Waals surface area contributed by atoms with Gasteiger partial charge in [0.05, 0.1) is 17.6 Å². The second-order valence-electron chi connectivity index (χ2n) is 5.35. The number of ether oxygens (including phenoxy) is 1. The Bertz CT molecular complexity index is 826. The van der Waals surface area contributed by atoms with Gasteiger partial charge in [0.1, 0.15) is 5.75 Å². The predicted molar refractivity (Wildman–Crippen MR) is 86.6 cm³/mol. The fourth-order valence-corrected chi connectivity index (χ4v) is 2.27. The molecule has 2 rings (SSSR count). The van der Waals surface area contributed by atoms with Crippen LogP contribution in [0.1, 0.15) is 22.3 Å². The van der Waals surface area contributed by atoms with Crippen LogP contribution < -0.4 is 10.1 Å². The molecule has 0 radical (unpaired) electrons. The summed E-state index contributed by atoms with van der Waals surface area (Å²) in [4.78, 5) is 21.4. The summed E-state index contributed by atoms with van der Waals surface area (Å²) < 4.78 is 45.4. The SMILES string of the molecule is COc1ccc(CCCNC(=O)c2cc([N+](=O)[O-])c(F)c(F)c2F)cc1. The van der Waals surface area contributed by atoms with E-state index in [1.807, 2.05) is 12.1 Å². The maximum absolute atomic E-state index is 13.7. The second-order valence-corrected chi connectivity index (χ2v) is 5.35. The number of hydrogen-bond acceptors (Lipinski definition) is 4. The number of halogens is 3. The molecule has 6 nitrogen and oxygen atoms in total. The number of hydrogen-bond donors (Lipinski definition) is 1. The fourth-order valence-electron chi connectivity index (χ4n) is 2.27. The van der Waals surface area contributed by atoms with Crippen molar-refractivity contribution in [2.75, 3.05) is 13.7 Å². The monoisotopic (exact) mass is 368 g/mol. The summed E-state index contributed by atoms with van der Waals surface area (Å²) in [6.07, 6.45) is 1.09. The Balaban J connectivity index is 1.98. The van der Waals surface area contributed by atoms with Crippen molar-refractivity contribution >= 4 is 11.6 Å². The first-order chi connectivity index (χ1) is 12.3. The number of nitrogens with zero attached hydrogens (tertiary/aromatic N) is 1. The molecular weight excluding hydrogens is 353 g/mol. The van der Waals surface area contributed by atoms with Gasteiger partial charge in [0, 0.05) is 12.6 Å². The quantitative estimate of drug-likeness (QED) is 0.352. The lowest BCUT2D eigenvalue weighted by atomic mass is 10.1. The minimum Gasteiger partial charge on any atom is -0.497 e. The molecule has 0 saturated heterocycles. The van der Waals surface area contributed by atoms with Crippen LogP contribution in [-0.4, -0.2) is 24.5 Å². The highest BCUT2D eigenvalue weighted by Gasteiger charge is 2.28. The summed E-state index contributed by atoms with van der Waals surface area (Å²) >= 11 is 0. The number of rotatable bonds is 7. The van der Waals surface area contributed by atoms with Crippen LogP contribution in [0.15, 0.2) is 30.3 Å². The van der Waals surface area contributed by atoms with Gasteiger partial charge >= 0.3 is 5.69 Å². The van der Waals surface area contributed by atoms with Crippen molar-refractivity contribution in [1.29, 1.82) is 0 Å². The highest BCUT2D eigenvalue weighted by atomic mass is 19.2. The van der Waals surface area contributed by atoms with Gasteiger partial charge in [0.2, 0.25) is 11.6 Å². The smallest absolute Gasteiger partial charge is 0.308 e. The Morgan fingerprint density at radius 2 is 1.81 bits per heavy atom. The number of nitro groups is 1. The predicted octanol–water partition coefficient (Wildman–Crippen LogP) is 3.38. The minimum absolute atomic E-state index is 0.122. The van der Waals surface area contributed by atoms with Crippen LogP contribution >= 0.6 is 0 Å². The average molecular weight is 368 g/mol. The van der Waals surface area contributed by atoms with Crippen molar-refractivity contribution in [3.63, 3.8) is 0 Å². The van der Waals surface area contributed by atoms with Crippen molar-refractivity contribution in [3.05, 3.63) is 69.0 Å². The highest BCUT2D eigenvalue weighted by molar-refractivity contribution is 5.95. The van der Waals surface area contributed by atoms with E-state index >= 15 is 0 Å². The number of amides is 1. The zero-order chi connectivity index (χ0) is 19.3. The maximum Gasteiger partial charge on any atom is 0.308 e. The Morgan fingerprint density at radius 3 is 2.38 bits per heavy atom. The van der Waals surface area contributed by atoms with Crippen LogP contribution in [0.25, 0.3) is 0 Å². The number of nitro benzene ring substituents is 1. The standard InChI is InChI=1S/C17H15F3N2O4/c1-26-11-6-4-10(5-7-11)3-2-8-21-17(23)12-9-13(22(24)25)15(19)16(20)14(12)18/h4-7,9H,2-3,8H2,1H3,(H,21,23). The molecule has 9 heteroatoms. The number of methoxy groups -OCH3 is 1. The van der Waals surface area contributed by atoms with Crippen molar-refractivity contribution in [3.8, 4) is 5.75 Å². The molecule has 0 saturated carbocycles. The molecule has 0 heterocycles. The normalized spacial score (nSPS) is 10.5. The maximum atomic E-state index is 13.7. The van der Waals surface area contributed by atoms with E-state index in [0.29, 0.717) is 24.7 Å². The largest absolute Gasteiger partial charge is 0.497 e. The molecule has 2 aromatic rings. The Kier molecular flexibility index (Phi) is 6.16. The zero-order valence-electron chi connectivity index (χ0n) is 13.7. The zero-order valence-corrected chi connectivity index (χ0v) is 13.7. The van der Waals surface area contributed by atoms with E-state index in [1.54, 1.807) is 19.2 Å². The molecular formula is C17H15F3N2O4. The van der Waals surface area contributed by atoms with Crippen LogP contribution in [0, 0.1) is 27.6 Å². The molecule has 0 spiro atoms. The fraction of sp³-hybridized carbons (Fsp3) is 0.235. The summed E-state index contributed by atoms with van der Waals surface area (Å²) in [5.41, 5.74) is -1.23. The van der Waals surface area contributed by atoms with E-state index in [9.17, 15) is 28.1 Å². The van der Waals surface area contributed by atoms with Crippen molar-refractivity contribution < 1.29 is 27.6 Å². The molecule has 2 aromatic carbocycles. The lowest BCUT2D eigenvalue weighted by Crippen LogP contribution is -2.26. The summed E-state index contributed by atoms with van der Waals surface area (Å²) in [7, 11) is 1.55. The lowest BCUT2D eigenvalue weighted by Gasteiger charge is -2.08. The number of aryl methyl sites for hydroxylation is 1. The molecule has 0 aliphatic rings. The minimum atomic E-state index is -2.05. The van der Waals surface area contributed by atoms with Gasteiger partial charge < -0.3 is 10.1 Å². The molecule has 0 unspecified atom stereocenters. The van der Waals surface area contributed by atoms with Crippen LogP contribution in [0.3, 0.4) is 0 Å². The summed E-state index contributed by atoms with van der Waals surface area (Å²) in [5.74, 6) is -6.11. The molecule has 0 aliphatic heterocycles. The third-order valence-corrected chi connectivity index (χ3v) is 3.66. The molecule has 138 valence electrons. The first-order valence-electron chi connectivity index (χ1n) is 7.58. The Hall–Kier alpha value is -3.10. The molecule has 0 aromatic heterocycles. The first-order valence-corrected chi connectivity index (χ1v) is 7.58. The Labute approximate surface area is 146 Å². The van der Waals surface area contributed by atoms with Crippen molar-refractivity contribution in [2.45, 2.75) is 12.8 Å². The number of nitrogens with one attached hydrogen (secondary N) is 1. The molecule has 0 aliphatic carbocycles. The molecule has 0 fully saturated rings. The van der Waals surface area contributed by atoms with Gasteiger partial charge in [0.15, 0.2) is 5.82 Å². The molecule has 0 bridgehead atoms. The third-order valence-electron chi connectivity index (χ3n) is 3.66. The number of carbonyl (C=O) groups excluding carboxylic acids is 1. The Morgan fingerprint density at radius 1 is 1.15 bits per heavy atom. The molecule has 26 heavy (non-hydrogen) atoms. The van der Waals surface area contributed by atoms with Gasteiger partial charge in [0.25, 0.3) is 5.91 Å². The van der Waals surface area contributed by atoms with Gasteiger partial charge in [-0.15, -0.1) is 0 Å². The first kappa shape index (κ1) is 19.2. The van der Waals surface area contributed by atoms with E-state index in [-0.39, 0.29) is 6.54 Å². The van der Waals surface area contributed by atoms with E-state index in [2.05, 4.69) is 5.32 Å². The average Bonchev–Trinajstić information content (AvgIpc) is 2.63. The van der Waals surface area contributed by atoms with Crippen LogP contribution in [0.2, 0.25) is 0 Å². The van der Waals surface area contributed by atoms with Gasteiger partial charge in [-0.05, 0) is 30.5 Å². The van der Waals surface area contributed by atoms with E-state index in [4.69, 9.17) is 4.74 Å². The van der Waals surface area contributed by atoms with Crippen molar-refractivity contribution in [2.24, 2.45) is 0 Å². The van der Waals surface area contributed by atoms with Crippen molar-refractivity contribution in [1.82, 2.24) is 5.32 Å². The molecule has 1 amide bonds. The van der Waals surface area contributed by atoms with Gasteiger partial charge in [-0.25, -0.2) is 8.78 Å². The van der Waals surface area contributed by atoms with Gasteiger partial charge in [-0.3, -0.25) is 14.9 Å². The number of carbonyl (C=O) groups is 1. The van der Waals surface area contributed by atoms with E-state index in [0.717, 1.165) is 5.56 Å². The van der Waals surface area contributed by atoms with E-state index < -0.39 is 39.5 Å². The summed E-state index contributed by atoms with van der Waals surface area (Å²) in [6, 6.07) is 7.64. The second kappa shape index (κ2) is 8.32. The molecule has 1 N–H and O–H groups in total. The summed E-state index contributed by atoms with van der Waals surface area (Å²) in [6.45, 7) is 0.122. The van der Waals surface area contributed by atoms with Crippen LogP contribution in [0.5, 0.6) is 5.75 Å². The van der Waals surface area contributed by atoms with E-state index in [1.165, 1.54) is 0 Å². The van der Waals surface area contributed by atoms with Gasteiger partial charge in [-0.1, -0.05) is 12.1 Å². The molecule has 0 atom stereocenters. The third kappa shape index (κ3) is 4.29. The van der Waals surface area contributed by atoms with Crippen LogP contribution in [0.4, 0.5) is 18.9 Å².